The Morgan fingerprint density at radius 1 is 0.871 bits per heavy atom. The molecular formula is C24H23ClN2O3S. The van der Waals surface area contributed by atoms with E-state index in [1.54, 1.807) is 42.5 Å². The molecular weight excluding hydrogens is 432 g/mol. The average Bonchev–Trinajstić information content (AvgIpc) is 3.35. The van der Waals surface area contributed by atoms with Gasteiger partial charge in [-0.25, -0.2) is 8.42 Å². The topological polar surface area (TPSA) is 66.5 Å². The molecule has 0 radical (unpaired) electrons. The molecule has 3 aromatic rings. The van der Waals surface area contributed by atoms with Gasteiger partial charge in [-0.3, -0.25) is 4.79 Å². The van der Waals surface area contributed by atoms with E-state index in [0.717, 1.165) is 29.5 Å². The maximum Gasteiger partial charge on any atom is 0.251 e. The molecule has 7 heteroatoms. The minimum atomic E-state index is -3.42. The van der Waals surface area contributed by atoms with Crippen LogP contribution in [0.15, 0.2) is 77.7 Å². The van der Waals surface area contributed by atoms with Crippen molar-refractivity contribution in [3.63, 3.8) is 0 Å². The summed E-state index contributed by atoms with van der Waals surface area (Å²) in [4.78, 5) is 12.7. The third kappa shape index (κ3) is 4.82. The Labute approximate surface area is 187 Å². The molecule has 1 amide bonds. The molecule has 1 aliphatic heterocycles. The van der Waals surface area contributed by atoms with Crippen LogP contribution in [0.4, 0.5) is 0 Å². The molecule has 1 heterocycles. The van der Waals surface area contributed by atoms with Gasteiger partial charge in [-0.1, -0.05) is 54.1 Å². The number of rotatable bonds is 6. The fraction of sp³-hybridized carbons (Fsp3) is 0.208. The van der Waals surface area contributed by atoms with Gasteiger partial charge in [0.2, 0.25) is 10.0 Å². The normalized spacial score (nSPS) is 14.5. The maximum absolute atomic E-state index is 12.7. The molecule has 1 fully saturated rings. The predicted molar refractivity (Wildman–Crippen MR) is 122 cm³/mol. The SMILES string of the molecule is O=C(NCc1ccccc1Cl)c1ccc(-c2ccc(S(=O)(=O)N3CCCC3)cc2)cc1. The lowest BCUT2D eigenvalue weighted by molar-refractivity contribution is 0.0951. The summed E-state index contributed by atoms with van der Waals surface area (Å²) in [7, 11) is -3.42. The molecule has 0 bridgehead atoms. The van der Waals surface area contributed by atoms with Crippen molar-refractivity contribution in [3.8, 4) is 11.1 Å². The van der Waals surface area contributed by atoms with E-state index >= 15 is 0 Å². The zero-order valence-electron chi connectivity index (χ0n) is 16.9. The average molecular weight is 455 g/mol. The molecule has 0 aliphatic carbocycles. The molecule has 31 heavy (non-hydrogen) atoms. The first kappa shape index (κ1) is 21.6. The van der Waals surface area contributed by atoms with Crippen LogP contribution in [-0.2, 0) is 16.6 Å². The number of sulfonamides is 1. The zero-order valence-corrected chi connectivity index (χ0v) is 18.5. The lowest BCUT2D eigenvalue weighted by Crippen LogP contribution is -2.27. The maximum atomic E-state index is 12.7. The third-order valence-corrected chi connectivity index (χ3v) is 7.72. The second kappa shape index (κ2) is 9.22. The smallest absolute Gasteiger partial charge is 0.251 e. The first-order valence-electron chi connectivity index (χ1n) is 10.2. The number of hydrogen-bond acceptors (Lipinski definition) is 3. The van der Waals surface area contributed by atoms with Gasteiger partial charge in [0.1, 0.15) is 0 Å². The number of carbonyl (C=O) groups is 1. The van der Waals surface area contributed by atoms with Gasteiger partial charge in [0, 0.05) is 30.2 Å². The van der Waals surface area contributed by atoms with Crippen molar-refractivity contribution in [2.75, 3.05) is 13.1 Å². The van der Waals surface area contributed by atoms with E-state index < -0.39 is 10.0 Å². The molecule has 1 saturated heterocycles. The molecule has 3 aromatic carbocycles. The van der Waals surface area contributed by atoms with Gasteiger partial charge in [0.15, 0.2) is 0 Å². The highest BCUT2D eigenvalue weighted by Crippen LogP contribution is 2.25. The van der Waals surface area contributed by atoms with Gasteiger partial charge in [0.25, 0.3) is 5.91 Å². The molecule has 0 atom stereocenters. The Bertz CT molecular complexity index is 1170. The molecule has 160 valence electrons. The van der Waals surface area contributed by atoms with Gasteiger partial charge in [0.05, 0.1) is 4.90 Å². The first-order chi connectivity index (χ1) is 14.9. The second-order valence-corrected chi connectivity index (χ2v) is 9.83. The van der Waals surface area contributed by atoms with E-state index in [9.17, 15) is 13.2 Å². The Balaban J connectivity index is 1.43. The molecule has 0 aromatic heterocycles. The largest absolute Gasteiger partial charge is 0.348 e. The molecule has 1 aliphatic rings. The van der Waals surface area contributed by atoms with Crippen LogP contribution in [0.2, 0.25) is 5.02 Å². The molecule has 0 spiro atoms. The summed E-state index contributed by atoms with van der Waals surface area (Å²) in [5, 5.41) is 3.49. The van der Waals surface area contributed by atoms with Gasteiger partial charge < -0.3 is 5.32 Å². The summed E-state index contributed by atoms with van der Waals surface area (Å²) in [6, 6.07) is 21.5. The number of amides is 1. The number of halogens is 1. The standard InChI is InChI=1S/C24H23ClN2O3S/c25-23-6-2-1-5-21(23)17-26-24(28)20-9-7-18(8-10-20)19-11-13-22(14-12-19)31(29,30)27-15-3-4-16-27/h1-2,5-14H,3-4,15-17H2,(H,26,28). The quantitative estimate of drug-likeness (QED) is 0.586. The summed E-state index contributed by atoms with van der Waals surface area (Å²) in [6.45, 7) is 1.53. The minimum Gasteiger partial charge on any atom is -0.348 e. The highest BCUT2D eigenvalue weighted by molar-refractivity contribution is 7.89. The Hall–Kier alpha value is -2.67. The second-order valence-electron chi connectivity index (χ2n) is 7.49. The molecule has 1 N–H and O–H groups in total. The van der Waals surface area contributed by atoms with E-state index in [1.807, 2.05) is 30.3 Å². The van der Waals surface area contributed by atoms with Crippen molar-refractivity contribution in [1.82, 2.24) is 9.62 Å². The van der Waals surface area contributed by atoms with E-state index in [1.165, 1.54) is 4.31 Å². The van der Waals surface area contributed by atoms with Gasteiger partial charge in [-0.05, 0) is 59.9 Å². The van der Waals surface area contributed by atoms with Crippen molar-refractivity contribution in [2.45, 2.75) is 24.3 Å². The molecule has 0 saturated carbocycles. The fourth-order valence-electron chi connectivity index (χ4n) is 3.63. The fourth-order valence-corrected chi connectivity index (χ4v) is 5.35. The van der Waals surface area contributed by atoms with Crippen molar-refractivity contribution in [3.05, 3.63) is 88.9 Å². The van der Waals surface area contributed by atoms with Crippen LogP contribution in [0.25, 0.3) is 11.1 Å². The highest BCUT2D eigenvalue weighted by atomic mass is 35.5. The predicted octanol–water partition coefficient (Wildman–Crippen LogP) is 4.72. The van der Waals surface area contributed by atoms with E-state index in [4.69, 9.17) is 11.6 Å². The number of nitrogens with zero attached hydrogens (tertiary/aromatic N) is 1. The summed E-state index contributed by atoms with van der Waals surface area (Å²) >= 11 is 6.13. The van der Waals surface area contributed by atoms with Gasteiger partial charge >= 0.3 is 0 Å². The first-order valence-corrected chi connectivity index (χ1v) is 12.0. The Morgan fingerprint density at radius 2 is 1.45 bits per heavy atom. The summed E-state index contributed by atoms with van der Waals surface area (Å²) in [5.41, 5.74) is 3.21. The van der Waals surface area contributed by atoms with E-state index in [0.29, 0.717) is 35.1 Å². The number of nitrogens with one attached hydrogen (secondary N) is 1. The molecule has 0 unspecified atom stereocenters. The minimum absolute atomic E-state index is 0.182. The lowest BCUT2D eigenvalue weighted by Gasteiger charge is -2.15. The van der Waals surface area contributed by atoms with Gasteiger partial charge in [-0.2, -0.15) is 4.31 Å². The van der Waals surface area contributed by atoms with Crippen LogP contribution in [0.5, 0.6) is 0 Å². The van der Waals surface area contributed by atoms with Crippen LogP contribution >= 0.6 is 11.6 Å². The van der Waals surface area contributed by atoms with E-state index in [2.05, 4.69) is 5.32 Å². The number of carbonyl (C=O) groups excluding carboxylic acids is 1. The molecule has 5 nitrogen and oxygen atoms in total. The van der Waals surface area contributed by atoms with Crippen LogP contribution in [0.1, 0.15) is 28.8 Å². The number of benzene rings is 3. The Kier molecular flexibility index (Phi) is 6.41. The lowest BCUT2D eigenvalue weighted by atomic mass is 10.0. The third-order valence-electron chi connectivity index (χ3n) is 5.43. The van der Waals surface area contributed by atoms with Gasteiger partial charge in [-0.15, -0.1) is 0 Å². The van der Waals surface area contributed by atoms with Crippen molar-refractivity contribution in [2.24, 2.45) is 0 Å². The summed E-state index contributed by atoms with van der Waals surface area (Å²) in [6.07, 6.45) is 1.82. The monoisotopic (exact) mass is 454 g/mol. The zero-order chi connectivity index (χ0) is 21.8. The van der Waals surface area contributed by atoms with Crippen LogP contribution < -0.4 is 5.32 Å². The van der Waals surface area contributed by atoms with Crippen LogP contribution in [0.3, 0.4) is 0 Å². The van der Waals surface area contributed by atoms with Crippen LogP contribution in [-0.4, -0.2) is 31.7 Å². The van der Waals surface area contributed by atoms with E-state index in [-0.39, 0.29) is 5.91 Å². The Morgan fingerprint density at radius 3 is 2.06 bits per heavy atom. The summed E-state index contributed by atoms with van der Waals surface area (Å²) < 4.78 is 26.9. The number of hydrogen-bond donors (Lipinski definition) is 1. The summed E-state index contributed by atoms with van der Waals surface area (Å²) in [5.74, 6) is -0.182. The van der Waals surface area contributed by atoms with Crippen molar-refractivity contribution in [1.29, 1.82) is 0 Å². The highest BCUT2D eigenvalue weighted by Gasteiger charge is 2.26. The molecule has 4 rings (SSSR count). The van der Waals surface area contributed by atoms with Crippen LogP contribution in [0, 0.1) is 0 Å². The van der Waals surface area contributed by atoms with Crippen molar-refractivity contribution >= 4 is 27.5 Å². The van der Waals surface area contributed by atoms with Crippen molar-refractivity contribution < 1.29 is 13.2 Å².